The summed E-state index contributed by atoms with van der Waals surface area (Å²) in [7, 11) is 0. The molecule has 0 aliphatic rings. The van der Waals surface area contributed by atoms with Gasteiger partial charge in [-0.05, 0) is 0 Å². The van der Waals surface area contributed by atoms with Gasteiger partial charge in [-0.2, -0.15) is 5.10 Å². The number of amidine groups is 1. The summed E-state index contributed by atoms with van der Waals surface area (Å²) in [5.41, 5.74) is 4.40. The van der Waals surface area contributed by atoms with Crippen LogP contribution in [0.1, 0.15) is 5.69 Å². The van der Waals surface area contributed by atoms with Crippen molar-refractivity contribution >= 4 is 5.84 Å². The number of H-pyrrole nitrogens is 2. The Bertz CT molecular complexity index is 296. The fourth-order valence-corrected chi connectivity index (χ4v) is 0.466. The zero-order valence-corrected chi connectivity index (χ0v) is 4.83. The van der Waals surface area contributed by atoms with Crippen molar-refractivity contribution in [2.75, 3.05) is 0 Å². The average molecular weight is 143 g/mol. The molecule has 0 atom stereocenters. The fraction of sp³-hybridized carbons (Fsp3) is 0. The molecule has 1 aromatic heterocycles. The van der Waals surface area contributed by atoms with Crippen LogP contribution in [0.4, 0.5) is 0 Å². The van der Waals surface area contributed by atoms with Gasteiger partial charge in [-0.3, -0.25) is 4.79 Å². The first-order chi connectivity index (χ1) is 4.75. The van der Waals surface area contributed by atoms with E-state index in [1.807, 2.05) is 0 Å². The van der Waals surface area contributed by atoms with E-state index in [1.54, 1.807) is 0 Å². The maximum atomic E-state index is 10.6. The second-order valence-corrected chi connectivity index (χ2v) is 1.51. The molecule has 7 heteroatoms. The minimum atomic E-state index is -0.518. The smallest absolute Gasteiger partial charge is 0.295 e. The van der Waals surface area contributed by atoms with Gasteiger partial charge >= 0.3 is 0 Å². The molecule has 0 fully saturated rings. The van der Waals surface area contributed by atoms with E-state index in [-0.39, 0.29) is 11.5 Å². The van der Waals surface area contributed by atoms with E-state index in [0.717, 1.165) is 0 Å². The third-order valence-corrected chi connectivity index (χ3v) is 0.903. The highest BCUT2D eigenvalue weighted by atomic mass is 16.4. The van der Waals surface area contributed by atoms with Crippen molar-refractivity contribution in [1.29, 1.82) is 0 Å². The minimum Gasteiger partial charge on any atom is -0.409 e. The van der Waals surface area contributed by atoms with E-state index in [0.29, 0.717) is 0 Å². The van der Waals surface area contributed by atoms with Gasteiger partial charge in [0.2, 0.25) is 0 Å². The Hall–Kier alpha value is -1.79. The van der Waals surface area contributed by atoms with Gasteiger partial charge in [0.15, 0.2) is 11.5 Å². The molecule has 7 nitrogen and oxygen atoms in total. The Morgan fingerprint density at radius 1 is 1.80 bits per heavy atom. The maximum absolute atomic E-state index is 10.6. The average Bonchev–Trinajstić information content (AvgIpc) is 2.34. The van der Waals surface area contributed by atoms with E-state index in [4.69, 9.17) is 10.9 Å². The van der Waals surface area contributed by atoms with E-state index in [9.17, 15) is 4.79 Å². The largest absolute Gasteiger partial charge is 0.409 e. The highest BCUT2D eigenvalue weighted by Crippen LogP contribution is 1.77. The van der Waals surface area contributed by atoms with Crippen molar-refractivity contribution in [1.82, 2.24) is 15.4 Å². The van der Waals surface area contributed by atoms with Crippen LogP contribution in [0.25, 0.3) is 0 Å². The van der Waals surface area contributed by atoms with E-state index in [2.05, 4.69) is 20.6 Å². The highest BCUT2D eigenvalue weighted by molar-refractivity contribution is 5.94. The van der Waals surface area contributed by atoms with Crippen LogP contribution in [0, 0.1) is 0 Å². The zero-order valence-electron chi connectivity index (χ0n) is 4.83. The summed E-state index contributed by atoms with van der Waals surface area (Å²) in [6, 6.07) is 0. The van der Waals surface area contributed by atoms with Gasteiger partial charge in [-0.25, -0.2) is 10.3 Å². The molecule has 54 valence electrons. The summed E-state index contributed by atoms with van der Waals surface area (Å²) in [5, 5.41) is 18.3. The molecule has 0 bridgehead atoms. The van der Waals surface area contributed by atoms with Crippen molar-refractivity contribution in [3.63, 3.8) is 0 Å². The number of oxime groups is 1. The molecule has 0 saturated carbocycles. The first-order valence-electron chi connectivity index (χ1n) is 2.36. The molecule has 10 heavy (non-hydrogen) atoms. The quantitative estimate of drug-likeness (QED) is 0.160. The normalized spacial score (nSPS) is 11.8. The molecule has 0 spiro atoms. The van der Waals surface area contributed by atoms with E-state index >= 15 is 0 Å². The number of hydrogen-bond acceptors (Lipinski definition) is 4. The molecule has 1 heterocycles. The lowest BCUT2D eigenvalue weighted by Crippen LogP contribution is -2.21. The SMILES string of the molecule is N/C(=N\O)c1n[nH][nH]c1=O. The highest BCUT2D eigenvalue weighted by Gasteiger charge is 2.06. The van der Waals surface area contributed by atoms with E-state index < -0.39 is 5.56 Å². The summed E-state index contributed by atoms with van der Waals surface area (Å²) in [6.07, 6.45) is 0. The van der Waals surface area contributed by atoms with Crippen LogP contribution in [0.2, 0.25) is 0 Å². The molecular weight excluding hydrogens is 138 g/mol. The van der Waals surface area contributed by atoms with Crippen LogP contribution >= 0.6 is 0 Å². The maximum Gasteiger partial charge on any atom is 0.295 e. The van der Waals surface area contributed by atoms with Gasteiger partial charge in [0.1, 0.15) is 0 Å². The molecule has 1 aromatic rings. The summed E-state index contributed by atoms with van der Waals surface area (Å²) in [5.74, 6) is -0.317. The molecule has 0 aliphatic carbocycles. The van der Waals surface area contributed by atoms with Crippen LogP contribution in [0.5, 0.6) is 0 Å². The molecule has 0 amide bonds. The number of aromatic amines is 2. The summed E-state index contributed by atoms with van der Waals surface area (Å²) < 4.78 is 0. The number of hydrogen-bond donors (Lipinski definition) is 4. The number of rotatable bonds is 1. The van der Waals surface area contributed by atoms with Crippen LogP contribution in [0.15, 0.2) is 9.95 Å². The minimum absolute atomic E-state index is 0.123. The number of nitrogens with two attached hydrogens (primary N) is 1. The van der Waals surface area contributed by atoms with Crippen LogP contribution in [-0.4, -0.2) is 26.5 Å². The number of nitrogens with zero attached hydrogens (tertiary/aromatic N) is 2. The van der Waals surface area contributed by atoms with E-state index in [1.165, 1.54) is 0 Å². The fourth-order valence-electron chi connectivity index (χ4n) is 0.466. The van der Waals surface area contributed by atoms with Crippen molar-refractivity contribution in [2.45, 2.75) is 0 Å². The Kier molecular flexibility index (Phi) is 1.40. The molecule has 1 rings (SSSR count). The van der Waals surface area contributed by atoms with Crippen molar-refractivity contribution < 1.29 is 5.21 Å². The lowest BCUT2D eigenvalue weighted by atomic mass is 10.4. The Labute approximate surface area is 54.5 Å². The summed E-state index contributed by atoms with van der Waals surface area (Å²) >= 11 is 0. The van der Waals surface area contributed by atoms with Crippen molar-refractivity contribution in [2.24, 2.45) is 10.9 Å². The first-order valence-corrected chi connectivity index (χ1v) is 2.36. The molecule has 0 radical (unpaired) electrons. The predicted molar refractivity (Wildman–Crippen MR) is 31.7 cm³/mol. The van der Waals surface area contributed by atoms with Crippen LogP contribution in [0.3, 0.4) is 0 Å². The monoisotopic (exact) mass is 143 g/mol. The van der Waals surface area contributed by atoms with Crippen molar-refractivity contribution in [3.8, 4) is 0 Å². The molecule has 0 aliphatic heterocycles. The zero-order chi connectivity index (χ0) is 7.56. The Balaban J connectivity index is 3.18. The Morgan fingerprint density at radius 3 is 2.90 bits per heavy atom. The first kappa shape index (κ1) is 6.33. The molecule has 0 aromatic carbocycles. The van der Waals surface area contributed by atoms with Crippen LogP contribution in [-0.2, 0) is 0 Å². The topological polar surface area (TPSA) is 120 Å². The molecule has 5 N–H and O–H groups in total. The van der Waals surface area contributed by atoms with Gasteiger partial charge in [0, 0.05) is 0 Å². The Morgan fingerprint density at radius 2 is 2.50 bits per heavy atom. The predicted octanol–water partition coefficient (Wildman–Crippen LogP) is -1.81. The summed E-state index contributed by atoms with van der Waals surface area (Å²) in [6.45, 7) is 0. The second-order valence-electron chi connectivity index (χ2n) is 1.51. The molecule has 0 saturated heterocycles. The lowest BCUT2D eigenvalue weighted by Gasteiger charge is -1.84. The van der Waals surface area contributed by atoms with Crippen LogP contribution < -0.4 is 11.3 Å². The van der Waals surface area contributed by atoms with Gasteiger partial charge in [-0.15, -0.1) is 0 Å². The van der Waals surface area contributed by atoms with Gasteiger partial charge < -0.3 is 10.9 Å². The standard InChI is InChI=1S/C3H5N5O2/c4-2(7-10)1-3(9)6-8-5-1/h10H,(H2,4,7)(H2,5,6,8,9). The number of nitrogens with one attached hydrogen (secondary N) is 2. The second kappa shape index (κ2) is 2.21. The molecular formula is C3H5N5O2. The lowest BCUT2D eigenvalue weighted by molar-refractivity contribution is 0.318. The van der Waals surface area contributed by atoms with Gasteiger partial charge in [0.25, 0.3) is 5.56 Å². The van der Waals surface area contributed by atoms with Gasteiger partial charge in [-0.1, -0.05) is 5.16 Å². The number of aromatic nitrogens is 3. The third kappa shape index (κ3) is 0.835. The third-order valence-electron chi connectivity index (χ3n) is 0.903. The van der Waals surface area contributed by atoms with Crippen molar-refractivity contribution in [3.05, 3.63) is 16.0 Å². The molecule has 0 unspecified atom stereocenters. The van der Waals surface area contributed by atoms with Gasteiger partial charge in [0.05, 0.1) is 0 Å². The summed E-state index contributed by atoms with van der Waals surface area (Å²) in [4.78, 5) is 10.6.